The molecule has 20 heavy (non-hydrogen) atoms. The van der Waals surface area contributed by atoms with Gasteiger partial charge in [0.15, 0.2) is 0 Å². The smallest absolute Gasteiger partial charge is 0.125 e. The van der Waals surface area contributed by atoms with Crippen molar-refractivity contribution in [2.75, 3.05) is 6.54 Å². The number of aryl methyl sites for hydroxylation is 2. The summed E-state index contributed by atoms with van der Waals surface area (Å²) >= 11 is 0. The summed E-state index contributed by atoms with van der Waals surface area (Å²) in [6.45, 7) is 4.91. The molecule has 3 heteroatoms. The van der Waals surface area contributed by atoms with E-state index in [-0.39, 0.29) is 5.82 Å². The van der Waals surface area contributed by atoms with E-state index in [2.05, 4.69) is 0 Å². The lowest BCUT2D eigenvalue weighted by atomic mass is 10.1. The van der Waals surface area contributed by atoms with Gasteiger partial charge in [0.05, 0.1) is 0 Å². The average Bonchev–Trinajstić information content (AvgIpc) is 2.42. The Kier molecular flexibility index (Phi) is 4.74. The molecule has 0 saturated carbocycles. The molecule has 2 rings (SSSR count). The van der Waals surface area contributed by atoms with Crippen molar-refractivity contribution in [3.05, 3.63) is 64.5 Å². The Morgan fingerprint density at radius 2 is 1.85 bits per heavy atom. The van der Waals surface area contributed by atoms with Gasteiger partial charge < -0.3 is 10.5 Å². The van der Waals surface area contributed by atoms with Crippen LogP contribution in [0.25, 0.3) is 0 Å². The fourth-order valence-corrected chi connectivity index (χ4v) is 2.22. The van der Waals surface area contributed by atoms with Gasteiger partial charge in [-0.15, -0.1) is 0 Å². The molecule has 0 aliphatic heterocycles. The molecule has 0 aromatic heterocycles. The molecule has 106 valence electrons. The van der Waals surface area contributed by atoms with Crippen molar-refractivity contribution < 1.29 is 9.13 Å². The van der Waals surface area contributed by atoms with E-state index in [0.717, 1.165) is 34.4 Å². The lowest BCUT2D eigenvalue weighted by Crippen LogP contribution is -2.07. The first-order valence-corrected chi connectivity index (χ1v) is 6.78. The summed E-state index contributed by atoms with van der Waals surface area (Å²) in [5.41, 5.74) is 9.69. The molecule has 0 spiro atoms. The standard InChI is InChI=1S/C17H20FNO/c1-12-6-7-16(18)10-15(12)11-20-17-13(2)4-3-5-14(17)8-9-19/h3-7,10H,8-9,11,19H2,1-2H3. The number of ether oxygens (including phenoxy) is 1. The van der Waals surface area contributed by atoms with Gasteiger partial charge in [0.1, 0.15) is 18.2 Å². The van der Waals surface area contributed by atoms with Crippen LogP contribution in [0.2, 0.25) is 0 Å². The maximum Gasteiger partial charge on any atom is 0.125 e. The molecule has 0 fully saturated rings. The van der Waals surface area contributed by atoms with Gasteiger partial charge in [-0.2, -0.15) is 0 Å². The van der Waals surface area contributed by atoms with E-state index < -0.39 is 0 Å². The Morgan fingerprint density at radius 1 is 1.05 bits per heavy atom. The number of nitrogens with two attached hydrogens (primary N) is 1. The van der Waals surface area contributed by atoms with E-state index in [1.165, 1.54) is 12.1 Å². The lowest BCUT2D eigenvalue weighted by Gasteiger charge is -2.15. The molecule has 0 atom stereocenters. The van der Waals surface area contributed by atoms with Crippen molar-refractivity contribution in [3.8, 4) is 5.75 Å². The Bertz CT molecular complexity index is 596. The van der Waals surface area contributed by atoms with Crippen molar-refractivity contribution in [2.24, 2.45) is 5.73 Å². The summed E-state index contributed by atoms with van der Waals surface area (Å²) in [6.07, 6.45) is 0.777. The zero-order chi connectivity index (χ0) is 14.5. The zero-order valence-electron chi connectivity index (χ0n) is 11.9. The molecule has 0 unspecified atom stereocenters. The van der Waals surface area contributed by atoms with Crippen LogP contribution in [0.15, 0.2) is 36.4 Å². The number of benzene rings is 2. The number of rotatable bonds is 5. The fraction of sp³-hybridized carbons (Fsp3) is 0.294. The first-order valence-electron chi connectivity index (χ1n) is 6.78. The van der Waals surface area contributed by atoms with E-state index >= 15 is 0 Å². The molecule has 0 radical (unpaired) electrons. The van der Waals surface area contributed by atoms with Crippen LogP contribution in [-0.2, 0) is 13.0 Å². The fourth-order valence-electron chi connectivity index (χ4n) is 2.22. The van der Waals surface area contributed by atoms with Crippen LogP contribution in [0.1, 0.15) is 22.3 Å². The Morgan fingerprint density at radius 3 is 2.60 bits per heavy atom. The Labute approximate surface area is 119 Å². The second-order valence-corrected chi connectivity index (χ2v) is 4.96. The third-order valence-corrected chi connectivity index (χ3v) is 3.39. The van der Waals surface area contributed by atoms with Crippen molar-refractivity contribution in [1.29, 1.82) is 0 Å². The molecule has 0 amide bonds. The van der Waals surface area contributed by atoms with Gasteiger partial charge in [0, 0.05) is 0 Å². The van der Waals surface area contributed by atoms with Gasteiger partial charge in [-0.25, -0.2) is 4.39 Å². The molecule has 0 aliphatic carbocycles. The van der Waals surface area contributed by atoms with Crippen molar-refractivity contribution in [3.63, 3.8) is 0 Å². The molecule has 2 aromatic carbocycles. The molecular formula is C17H20FNO. The molecular weight excluding hydrogens is 253 g/mol. The summed E-state index contributed by atoms with van der Waals surface area (Å²) in [5.74, 6) is 0.628. The second-order valence-electron chi connectivity index (χ2n) is 4.96. The van der Waals surface area contributed by atoms with Gasteiger partial charge >= 0.3 is 0 Å². The predicted octanol–water partition coefficient (Wildman–Crippen LogP) is 3.52. The molecule has 0 saturated heterocycles. The van der Waals surface area contributed by atoms with Crippen LogP contribution in [0, 0.1) is 19.7 Å². The van der Waals surface area contributed by atoms with E-state index in [9.17, 15) is 4.39 Å². The minimum Gasteiger partial charge on any atom is -0.488 e. The number of hydrogen-bond acceptors (Lipinski definition) is 2. The first-order chi connectivity index (χ1) is 9.61. The molecule has 0 aliphatic rings. The SMILES string of the molecule is Cc1ccc(F)cc1COc1c(C)cccc1CCN. The largest absolute Gasteiger partial charge is 0.488 e. The van der Waals surface area contributed by atoms with Gasteiger partial charge in [0.25, 0.3) is 0 Å². The highest BCUT2D eigenvalue weighted by molar-refractivity contribution is 5.41. The normalized spacial score (nSPS) is 10.6. The van der Waals surface area contributed by atoms with Crippen LogP contribution < -0.4 is 10.5 Å². The van der Waals surface area contributed by atoms with E-state index in [1.54, 1.807) is 6.07 Å². The van der Waals surface area contributed by atoms with Crippen molar-refractivity contribution >= 4 is 0 Å². The summed E-state index contributed by atoms with van der Waals surface area (Å²) in [6, 6.07) is 10.8. The zero-order valence-corrected chi connectivity index (χ0v) is 11.9. The average molecular weight is 273 g/mol. The van der Waals surface area contributed by atoms with E-state index in [1.807, 2.05) is 32.0 Å². The minimum absolute atomic E-state index is 0.235. The van der Waals surface area contributed by atoms with E-state index in [4.69, 9.17) is 10.5 Å². The highest BCUT2D eigenvalue weighted by Crippen LogP contribution is 2.25. The highest BCUT2D eigenvalue weighted by atomic mass is 19.1. The van der Waals surface area contributed by atoms with E-state index in [0.29, 0.717) is 13.2 Å². The Balaban J connectivity index is 2.20. The van der Waals surface area contributed by atoms with Crippen LogP contribution >= 0.6 is 0 Å². The quantitative estimate of drug-likeness (QED) is 0.904. The monoisotopic (exact) mass is 273 g/mol. The number of para-hydroxylation sites is 1. The summed E-state index contributed by atoms with van der Waals surface area (Å²) in [7, 11) is 0. The van der Waals surface area contributed by atoms with Gasteiger partial charge in [0.2, 0.25) is 0 Å². The number of halogens is 1. The molecule has 0 heterocycles. The lowest BCUT2D eigenvalue weighted by molar-refractivity contribution is 0.299. The number of hydrogen-bond donors (Lipinski definition) is 1. The van der Waals surface area contributed by atoms with Crippen LogP contribution in [0.4, 0.5) is 4.39 Å². The molecule has 2 nitrogen and oxygen atoms in total. The molecule has 0 bridgehead atoms. The maximum absolute atomic E-state index is 13.3. The molecule has 2 aromatic rings. The van der Waals surface area contributed by atoms with Crippen LogP contribution in [0.3, 0.4) is 0 Å². The topological polar surface area (TPSA) is 35.2 Å². The predicted molar refractivity (Wildman–Crippen MR) is 79.4 cm³/mol. The van der Waals surface area contributed by atoms with Crippen LogP contribution in [-0.4, -0.2) is 6.54 Å². The van der Waals surface area contributed by atoms with Gasteiger partial charge in [-0.3, -0.25) is 0 Å². The third kappa shape index (κ3) is 3.36. The summed E-state index contributed by atoms with van der Waals surface area (Å²) < 4.78 is 19.2. The first kappa shape index (κ1) is 14.5. The minimum atomic E-state index is -0.235. The molecule has 2 N–H and O–H groups in total. The van der Waals surface area contributed by atoms with Crippen molar-refractivity contribution in [1.82, 2.24) is 0 Å². The Hall–Kier alpha value is -1.87. The van der Waals surface area contributed by atoms with Crippen molar-refractivity contribution in [2.45, 2.75) is 26.9 Å². The second kappa shape index (κ2) is 6.53. The van der Waals surface area contributed by atoms with Gasteiger partial charge in [-0.1, -0.05) is 24.3 Å². The highest BCUT2D eigenvalue weighted by Gasteiger charge is 2.08. The maximum atomic E-state index is 13.3. The third-order valence-electron chi connectivity index (χ3n) is 3.39. The van der Waals surface area contributed by atoms with Crippen LogP contribution in [0.5, 0.6) is 5.75 Å². The summed E-state index contributed by atoms with van der Waals surface area (Å²) in [5, 5.41) is 0. The summed E-state index contributed by atoms with van der Waals surface area (Å²) in [4.78, 5) is 0. The van der Waals surface area contributed by atoms with Gasteiger partial charge in [-0.05, 0) is 61.2 Å².